The Hall–Kier alpha value is -4.66. The van der Waals surface area contributed by atoms with E-state index in [2.05, 4.69) is 107 Å². The van der Waals surface area contributed by atoms with Gasteiger partial charge in [-0.3, -0.25) is 19.1 Å². The molecule has 7 nitrogen and oxygen atoms in total. The molecule has 0 spiro atoms. The van der Waals surface area contributed by atoms with Crippen LogP contribution in [0.15, 0.2) is 126 Å². The SMILES string of the molecule is CCCCC/C=C\C/C=C\C/C=C\C/C=C\C/C=C\CCCCCC(=O)OCn1c(=O)ccc2ccc(OCCCCN3CCN(c4cccc5sccc45)CC3)cc21. The fourth-order valence-corrected chi connectivity index (χ4v) is 8.14. The number of fused-ring (bicyclic) bond motifs is 2. The lowest BCUT2D eigenvalue weighted by Gasteiger charge is -2.36. The van der Waals surface area contributed by atoms with Gasteiger partial charge in [0.1, 0.15) is 5.75 Å². The molecule has 8 heteroatoms. The first-order chi connectivity index (χ1) is 29.1. The number of aromatic nitrogens is 1. The molecular formula is C51H67N3O4S. The maximum absolute atomic E-state index is 12.8. The van der Waals surface area contributed by atoms with Gasteiger partial charge in [0.05, 0.1) is 12.1 Å². The van der Waals surface area contributed by atoms with E-state index in [0.29, 0.717) is 24.3 Å². The molecule has 1 aliphatic heterocycles. The van der Waals surface area contributed by atoms with Gasteiger partial charge < -0.3 is 14.4 Å². The molecule has 0 radical (unpaired) electrons. The highest BCUT2D eigenvalue weighted by Crippen LogP contribution is 2.31. The third-order valence-corrected chi connectivity index (χ3v) is 11.7. The van der Waals surface area contributed by atoms with E-state index in [1.807, 2.05) is 18.2 Å². The lowest BCUT2D eigenvalue weighted by molar-refractivity contribution is -0.147. The zero-order valence-corrected chi connectivity index (χ0v) is 36.3. The number of thiophene rings is 1. The number of unbranched alkanes of at least 4 members (excludes halogenated alkanes) is 7. The van der Waals surface area contributed by atoms with Gasteiger partial charge in [-0.25, -0.2) is 0 Å². The van der Waals surface area contributed by atoms with Crippen molar-refractivity contribution in [1.82, 2.24) is 9.47 Å². The second-order valence-electron chi connectivity index (χ2n) is 15.4. The van der Waals surface area contributed by atoms with Crippen molar-refractivity contribution in [3.05, 3.63) is 131 Å². The first-order valence-electron chi connectivity index (χ1n) is 22.2. The molecule has 316 valence electrons. The number of rotatable bonds is 27. The van der Waals surface area contributed by atoms with E-state index in [0.717, 1.165) is 102 Å². The minimum Gasteiger partial charge on any atom is -0.494 e. The Labute approximate surface area is 357 Å². The Kier molecular flexibility index (Phi) is 20.9. The molecule has 4 aromatic rings. The van der Waals surface area contributed by atoms with E-state index >= 15 is 0 Å². The van der Waals surface area contributed by atoms with Crippen LogP contribution in [0, 0.1) is 0 Å². The lowest BCUT2D eigenvalue weighted by Crippen LogP contribution is -2.46. The largest absolute Gasteiger partial charge is 0.494 e. The Morgan fingerprint density at radius 1 is 0.712 bits per heavy atom. The molecule has 2 aromatic carbocycles. The molecule has 0 amide bonds. The first kappa shape index (κ1) is 45.4. The molecule has 0 unspecified atom stereocenters. The lowest BCUT2D eigenvalue weighted by atomic mass is 10.1. The number of pyridine rings is 1. The summed E-state index contributed by atoms with van der Waals surface area (Å²) in [5.41, 5.74) is 1.86. The number of hydrogen-bond acceptors (Lipinski definition) is 7. The van der Waals surface area contributed by atoms with Gasteiger partial charge in [0.25, 0.3) is 5.56 Å². The summed E-state index contributed by atoms with van der Waals surface area (Å²) in [4.78, 5) is 30.5. The van der Waals surface area contributed by atoms with Gasteiger partial charge in [-0.1, -0.05) is 93.0 Å². The minimum atomic E-state index is -0.279. The van der Waals surface area contributed by atoms with Crippen LogP contribution in [0.3, 0.4) is 0 Å². The molecule has 1 saturated heterocycles. The topological polar surface area (TPSA) is 64.0 Å². The third kappa shape index (κ3) is 16.5. The second kappa shape index (κ2) is 27.2. The van der Waals surface area contributed by atoms with E-state index in [9.17, 15) is 9.59 Å². The molecule has 1 fully saturated rings. The Balaban J connectivity index is 0.894. The Bertz CT molecular complexity index is 2030. The summed E-state index contributed by atoms with van der Waals surface area (Å²) < 4.78 is 14.6. The number of ether oxygens (including phenoxy) is 2. The Morgan fingerprint density at radius 2 is 1.39 bits per heavy atom. The number of nitrogens with zero attached hydrogens (tertiary/aromatic N) is 3. The number of benzene rings is 2. The van der Waals surface area contributed by atoms with Crippen molar-refractivity contribution < 1.29 is 14.3 Å². The van der Waals surface area contributed by atoms with Gasteiger partial charge in [0.2, 0.25) is 0 Å². The monoisotopic (exact) mass is 817 g/mol. The van der Waals surface area contributed by atoms with Gasteiger partial charge in [-0.2, -0.15) is 0 Å². The maximum atomic E-state index is 12.8. The van der Waals surface area contributed by atoms with E-state index in [-0.39, 0.29) is 18.3 Å². The van der Waals surface area contributed by atoms with Gasteiger partial charge in [0, 0.05) is 60.5 Å². The number of anilines is 1. The summed E-state index contributed by atoms with van der Waals surface area (Å²) in [5.74, 6) is 0.436. The predicted octanol–water partition coefficient (Wildman–Crippen LogP) is 12.6. The number of esters is 1. The number of hydrogen-bond donors (Lipinski definition) is 0. The van der Waals surface area contributed by atoms with Crippen LogP contribution in [0.4, 0.5) is 5.69 Å². The molecule has 59 heavy (non-hydrogen) atoms. The van der Waals surface area contributed by atoms with Gasteiger partial charge in [0.15, 0.2) is 6.73 Å². The van der Waals surface area contributed by atoms with Crippen LogP contribution in [-0.4, -0.2) is 54.8 Å². The molecule has 0 saturated carbocycles. The van der Waals surface area contributed by atoms with Crippen LogP contribution in [0.2, 0.25) is 0 Å². The normalized spacial score (nSPS) is 14.2. The summed E-state index contributed by atoms with van der Waals surface area (Å²) in [5, 5.41) is 4.45. The van der Waals surface area contributed by atoms with Gasteiger partial charge in [-0.05, 0) is 124 Å². The molecule has 0 bridgehead atoms. The zero-order chi connectivity index (χ0) is 41.2. The summed E-state index contributed by atoms with van der Waals surface area (Å²) in [6.07, 6.45) is 37.6. The average Bonchev–Trinajstić information content (AvgIpc) is 3.75. The standard InChI is InChI=1S/C51H67N3O4S/c1-2-3-4-5-6-7-8-9-10-11-12-13-14-15-16-17-18-19-20-21-22-23-29-51(56)58-43-54-48-42-45(32-30-44(48)31-33-50(54)55)57-40-25-24-35-52-36-38-53(39-37-52)47-27-26-28-49-46(47)34-41-59-49/h6-7,9-10,12-13,15-16,18-19,26-28,30-34,41-42H,2-5,8,11,14,17,20-25,29,35-40,43H2,1H3/b7-6-,10-9-,13-12-,16-15-,19-18-. The fourth-order valence-electron chi connectivity index (χ4n) is 7.33. The molecule has 3 heterocycles. The van der Waals surface area contributed by atoms with Crippen molar-refractivity contribution >= 4 is 44.0 Å². The number of allylic oxidation sites excluding steroid dienone is 10. The molecular weight excluding hydrogens is 751 g/mol. The van der Waals surface area contributed by atoms with Crippen LogP contribution >= 0.6 is 11.3 Å². The summed E-state index contributed by atoms with van der Waals surface area (Å²) in [6.45, 7) is 8.05. The van der Waals surface area contributed by atoms with E-state index in [4.69, 9.17) is 9.47 Å². The number of carbonyl (C=O) groups is 1. The van der Waals surface area contributed by atoms with Crippen LogP contribution in [0.1, 0.15) is 103 Å². The molecule has 0 N–H and O–H groups in total. The smallest absolute Gasteiger partial charge is 0.307 e. The number of carbonyl (C=O) groups excluding carboxylic acids is 1. The highest BCUT2D eigenvalue weighted by Gasteiger charge is 2.18. The van der Waals surface area contributed by atoms with Crippen molar-refractivity contribution in [2.75, 3.05) is 44.2 Å². The molecule has 5 rings (SSSR count). The highest BCUT2D eigenvalue weighted by atomic mass is 32.1. The van der Waals surface area contributed by atoms with Gasteiger partial charge in [-0.15, -0.1) is 11.3 Å². The number of piperazine rings is 1. The van der Waals surface area contributed by atoms with Crippen LogP contribution < -0.4 is 15.2 Å². The Morgan fingerprint density at radius 3 is 2.10 bits per heavy atom. The van der Waals surface area contributed by atoms with E-state index in [1.54, 1.807) is 17.4 Å². The molecule has 0 atom stereocenters. The molecule has 1 aliphatic rings. The zero-order valence-electron chi connectivity index (χ0n) is 35.5. The second-order valence-corrected chi connectivity index (χ2v) is 16.3. The summed E-state index contributed by atoms with van der Waals surface area (Å²) in [7, 11) is 0. The van der Waals surface area contributed by atoms with Crippen molar-refractivity contribution in [2.45, 2.75) is 110 Å². The van der Waals surface area contributed by atoms with Crippen molar-refractivity contribution in [3.63, 3.8) is 0 Å². The fraction of sp³-hybridized carbons (Fsp3) is 0.451. The minimum absolute atomic E-state index is 0.103. The molecule has 0 aliphatic carbocycles. The predicted molar refractivity (Wildman–Crippen MR) is 251 cm³/mol. The molecule has 2 aromatic heterocycles. The quantitative estimate of drug-likeness (QED) is 0.0339. The third-order valence-electron chi connectivity index (χ3n) is 10.8. The van der Waals surface area contributed by atoms with Gasteiger partial charge >= 0.3 is 5.97 Å². The van der Waals surface area contributed by atoms with Crippen molar-refractivity contribution in [2.24, 2.45) is 0 Å². The van der Waals surface area contributed by atoms with Crippen molar-refractivity contribution in [3.8, 4) is 5.75 Å². The van der Waals surface area contributed by atoms with Crippen LogP contribution in [0.25, 0.3) is 21.0 Å². The summed E-state index contributed by atoms with van der Waals surface area (Å²) in [6, 6.07) is 18.0. The average molecular weight is 818 g/mol. The highest BCUT2D eigenvalue weighted by molar-refractivity contribution is 7.17. The summed E-state index contributed by atoms with van der Waals surface area (Å²) >= 11 is 1.81. The van der Waals surface area contributed by atoms with E-state index in [1.165, 1.54) is 52.1 Å². The first-order valence-corrected chi connectivity index (χ1v) is 23.1. The van der Waals surface area contributed by atoms with Crippen LogP contribution in [-0.2, 0) is 16.3 Å². The maximum Gasteiger partial charge on any atom is 0.307 e. The van der Waals surface area contributed by atoms with E-state index < -0.39 is 0 Å². The van der Waals surface area contributed by atoms with Crippen molar-refractivity contribution in [1.29, 1.82) is 0 Å². The van der Waals surface area contributed by atoms with Crippen LogP contribution in [0.5, 0.6) is 5.75 Å².